The monoisotopic (exact) mass is 309 g/mol. The van der Waals surface area contributed by atoms with E-state index in [-0.39, 0.29) is 0 Å². The van der Waals surface area contributed by atoms with Gasteiger partial charge in [0.2, 0.25) is 0 Å². The summed E-state index contributed by atoms with van der Waals surface area (Å²) in [7, 11) is 3.72. The normalized spacial score (nSPS) is 16.5. The lowest BCUT2D eigenvalue weighted by Crippen LogP contribution is -2.28. The van der Waals surface area contributed by atoms with Gasteiger partial charge in [0.1, 0.15) is 30.6 Å². The summed E-state index contributed by atoms with van der Waals surface area (Å²) in [5.74, 6) is 2.66. The molecule has 0 saturated heterocycles. The molecule has 4 heteroatoms. The summed E-state index contributed by atoms with van der Waals surface area (Å²) in [5, 5.41) is 0. The highest BCUT2D eigenvalue weighted by molar-refractivity contribution is 5.86. The Kier molecular flexibility index (Phi) is 3.46. The molecule has 2 aromatic carbocycles. The number of benzene rings is 2. The molecule has 23 heavy (non-hydrogen) atoms. The van der Waals surface area contributed by atoms with Crippen LogP contribution in [0.15, 0.2) is 36.4 Å². The third-order valence-corrected chi connectivity index (χ3v) is 4.25. The first-order valence-electron chi connectivity index (χ1n) is 7.69. The van der Waals surface area contributed by atoms with E-state index in [0.29, 0.717) is 13.3 Å². The van der Waals surface area contributed by atoms with E-state index < -0.39 is 0 Å². The second-order valence-corrected chi connectivity index (χ2v) is 5.97. The number of methoxy groups -OCH3 is 1. The first-order valence-corrected chi connectivity index (χ1v) is 7.69. The molecule has 0 N–H and O–H groups in total. The lowest BCUT2D eigenvalue weighted by molar-refractivity contribution is 0.121. The van der Waals surface area contributed by atoms with Crippen LogP contribution in [0.2, 0.25) is 0 Å². The van der Waals surface area contributed by atoms with Gasteiger partial charge in [0.05, 0.1) is 7.11 Å². The minimum atomic E-state index is 0.565. The van der Waals surface area contributed by atoms with Gasteiger partial charge in [-0.15, -0.1) is 0 Å². The molecule has 0 aromatic heterocycles. The van der Waals surface area contributed by atoms with E-state index in [0.717, 1.165) is 29.4 Å². The summed E-state index contributed by atoms with van der Waals surface area (Å²) in [6, 6.07) is 12.3. The van der Waals surface area contributed by atoms with Crippen molar-refractivity contribution in [3.05, 3.63) is 53.1 Å². The fourth-order valence-electron chi connectivity index (χ4n) is 3.00. The zero-order valence-corrected chi connectivity index (χ0v) is 13.3. The van der Waals surface area contributed by atoms with Gasteiger partial charge in [0, 0.05) is 23.7 Å². The van der Waals surface area contributed by atoms with Gasteiger partial charge in [-0.25, -0.2) is 0 Å². The standard InChI is InChI=1S/C19H19NO3/c1-20-10-15-7-13(4-6-18(15)23-12-20)16-8-14-3-5-17(21-2)9-19(14)22-11-16/h3-9H,10-12H2,1-2H3. The van der Waals surface area contributed by atoms with Gasteiger partial charge in [0.15, 0.2) is 0 Å². The van der Waals surface area contributed by atoms with E-state index in [2.05, 4.69) is 36.2 Å². The SMILES string of the molecule is COc1ccc2c(c1)OCC(c1ccc3c(c1)CN(C)CO3)=C2. The first-order chi connectivity index (χ1) is 11.2. The molecule has 0 atom stereocenters. The maximum Gasteiger partial charge on any atom is 0.142 e. The highest BCUT2D eigenvalue weighted by Crippen LogP contribution is 2.35. The minimum Gasteiger partial charge on any atom is -0.497 e. The summed E-state index contributed by atoms with van der Waals surface area (Å²) in [6.07, 6.45) is 2.19. The maximum atomic E-state index is 5.91. The second kappa shape index (κ2) is 5.63. The van der Waals surface area contributed by atoms with Gasteiger partial charge >= 0.3 is 0 Å². The van der Waals surface area contributed by atoms with Crippen LogP contribution in [-0.4, -0.2) is 32.4 Å². The Hall–Kier alpha value is -2.46. The van der Waals surface area contributed by atoms with Crippen molar-refractivity contribution in [1.29, 1.82) is 0 Å². The Balaban J connectivity index is 1.68. The molecule has 0 bridgehead atoms. The van der Waals surface area contributed by atoms with Crippen molar-refractivity contribution in [2.24, 2.45) is 0 Å². The molecule has 2 heterocycles. The Morgan fingerprint density at radius 2 is 1.96 bits per heavy atom. The molecule has 2 aromatic rings. The predicted octanol–water partition coefficient (Wildman–Crippen LogP) is 3.41. The molecule has 2 aliphatic rings. The van der Waals surface area contributed by atoms with Gasteiger partial charge in [-0.2, -0.15) is 0 Å². The molecule has 0 spiro atoms. The van der Waals surface area contributed by atoms with Crippen LogP contribution < -0.4 is 14.2 Å². The molecule has 4 rings (SSSR count). The van der Waals surface area contributed by atoms with Gasteiger partial charge in [-0.1, -0.05) is 6.07 Å². The van der Waals surface area contributed by atoms with Crippen LogP contribution in [0.3, 0.4) is 0 Å². The van der Waals surface area contributed by atoms with Gasteiger partial charge in [-0.3, -0.25) is 4.90 Å². The molecular formula is C19H19NO3. The molecule has 0 radical (unpaired) electrons. The van der Waals surface area contributed by atoms with Crippen LogP contribution in [0.1, 0.15) is 16.7 Å². The predicted molar refractivity (Wildman–Crippen MR) is 89.8 cm³/mol. The van der Waals surface area contributed by atoms with Gasteiger partial charge < -0.3 is 14.2 Å². The minimum absolute atomic E-state index is 0.565. The summed E-state index contributed by atoms with van der Waals surface area (Å²) >= 11 is 0. The topological polar surface area (TPSA) is 30.9 Å². The zero-order valence-electron chi connectivity index (χ0n) is 13.3. The molecule has 4 nitrogen and oxygen atoms in total. The van der Waals surface area contributed by atoms with Crippen LogP contribution in [0.4, 0.5) is 0 Å². The fraction of sp³-hybridized carbons (Fsp3) is 0.263. The number of nitrogens with zero attached hydrogens (tertiary/aromatic N) is 1. The average Bonchev–Trinajstić information content (AvgIpc) is 2.60. The second-order valence-electron chi connectivity index (χ2n) is 5.97. The molecule has 0 saturated carbocycles. The summed E-state index contributed by atoms with van der Waals surface area (Å²) in [6.45, 7) is 2.12. The van der Waals surface area contributed by atoms with Crippen molar-refractivity contribution in [2.45, 2.75) is 6.54 Å². The molecule has 0 aliphatic carbocycles. The highest BCUT2D eigenvalue weighted by atomic mass is 16.5. The van der Waals surface area contributed by atoms with Crippen LogP contribution in [0, 0.1) is 0 Å². The number of hydrogen-bond donors (Lipinski definition) is 0. The lowest BCUT2D eigenvalue weighted by atomic mass is 9.98. The zero-order chi connectivity index (χ0) is 15.8. The fourth-order valence-corrected chi connectivity index (χ4v) is 3.00. The van der Waals surface area contributed by atoms with Crippen molar-refractivity contribution < 1.29 is 14.2 Å². The Morgan fingerprint density at radius 1 is 1.04 bits per heavy atom. The third-order valence-electron chi connectivity index (χ3n) is 4.25. The van der Waals surface area contributed by atoms with Crippen molar-refractivity contribution in [3.63, 3.8) is 0 Å². The summed E-state index contributed by atoms with van der Waals surface area (Å²) in [5.41, 5.74) is 4.67. The maximum absolute atomic E-state index is 5.91. The van der Waals surface area contributed by atoms with Crippen LogP contribution in [0.25, 0.3) is 11.6 Å². The van der Waals surface area contributed by atoms with Crippen molar-refractivity contribution >= 4 is 11.6 Å². The van der Waals surface area contributed by atoms with Crippen molar-refractivity contribution in [2.75, 3.05) is 27.5 Å². The Morgan fingerprint density at radius 3 is 2.83 bits per heavy atom. The lowest BCUT2D eigenvalue weighted by Gasteiger charge is -2.26. The Bertz CT molecular complexity index is 782. The smallest absolute Gasteiger partial charge is 0.142 e. The van der Waals surface area contributed by atoms with E-state index in [9.17, 15) is 0 Å². The molecule has 118 valence electrons. The molecule has 0 unspecified atom stereocenters. The van der Waals surface area contributed by atoms with E-state index >= 15 is 0 Å². The van der Waals surface area contributed by atoms with E-state index in [1.807, 2.05) is 18.2 Å². The van der Waals surface area contributed by atoms with E-state index in [1.54, 1.807) is 7.11 Å². The molecule has 2 aliphatic heterocycles. The van der Waals surface area contributed by atoms with Crippen molar-refractivity contribution in [3.8, 4) is 17.2 Å². The number of rotatable bonds is 2. The summed E-state index contributed by atoms with van der Waals surface area (Å²) < 4.78 is 16.9. The third kappa shape index (κ3) is 2.66. The highest BCUT2D eigenvalue weighted by Gasteiger charge is 2.18. The molecule has 0 amide bonds. The van der Waals surface area contributed by atoms with Crippen LogP contribution in [-0.2, 0) is 6.54 Å². The number of fused-ring (bicyclic) bond motifs is 2. The average molecular weight is 309 g/mol. The van der Waals surface area contributed by atoms with Gasteiger partial charge in [0.25, 0.3) is 0 Å². The van der Waals surface area contributed by atoms with Crippen molar-refractivity contribution in [1.82, 2.24) is 4.90 Å². The first kappa shape index (κ1) is 14.2. The molecule has 0 fully saturated rings. The van der Waals surface area contributed by atoms with Crippen LogP contribution in [0.5, 0.6) is 17.2 Å². The Labute approximate surface area is 135 Å². The van der Waals surface area contributed by atoms with Crippen LogP contribution >= 0.6 is 0 Å². The molecular weight excluding hydrogens is 290 g/mol. The van der Waals surface area contributed by atoms with E-state index in [4.69, 9.17) is 14.2 Å². The number of ether oxygens (including phenoxy) is 3. The quantitative estimate of drug-likeness (QED) is 0.850. The van der Waals surface area contributed by atoms with Gasteiger partial charge in [-0.05, 0) is 48.5 Å². The number of hydrogen-bond acceptors (Lipinski definition) is 4. The van der Waals surface area contributed by atoms with E-state index in [1.165, 1.54) is 16.7 Å². The largest absolute Gasteiger partial charge is 0.497 e. The summed E-state index contributed by atoms with van der Waals surface area (Å²) in [4.78, 5) is 2.15.